The van der Waals surface area contributed by atoms with Gasteiger partial charge >= 0.3 is 0 Å². The molecular formula is C6H10N2. The van der Waals surface area contributed by atoms with Gasteiger partial charge in [0.2, 0.25) is 0 Å². The Labute approximate surface area is 49.3 Å². The Balaban J connectivity index is 2.63. The van der Waals surface area contributed by atoms with Gasteiger partial charge in [0.25, 0.3) is 0 Å². The highest BCUT2D eigenvalue weighted by Crippen LogP contribution is 1.97. The van der Waals surface area contributed by atoms with Gasteiger partial charge in [-0.1, -0.05) is 6.08 Å². The van der Waals surface area contributed by atoms with Gasteiger partial charge in [-0.25, -0.2) is 0 Å². The first-order chi connectivity index (χ1) is 3.79. The van der Waals surface area contributed by atoms with Crippen molar-refractivity contribution >= 4 is 0 Å². The summed E-state index contributed by atoms with van der Waals surface area (Å²) in [5, 5.41) is 0. The summed E-state index contributed by atoms with van der Waals surface area (Å²) in [5.41, 5.74) is 6.29. The van der Waals surface area contributed by atoms with E-state index in [-0.39, 0.29) is 0 Å². The van der Waals surface area contributed by atoms with Crippen LogP contribution >= 0.6 is 0 Å². The molecule has 0 atom stereocenters. The smallest absolute Gasteiger partial charge is 0.0473 e. The molecule has 1 rings (SSSR count). The number of hydrogen-bond acceptors (Lipinski definition) is 2. The highest BCUT2D eigenvalue weighted by atomic mass is 15.1. The van der Waals surface area contributed by atoms with Crippen LogP contribution in [0.2, 0.25) is 0 Å². The number of nitrogens with two attached hydrogens (primary N) is 1. The van der Waals surface area contributed by atoms with Crippen LogP contribution in [0.1, 0.15) is 0 Å². The summed E-state index contributed by atoms with van der Waals surface area (Å²) >= 11 is 0. The van der Waals surface area contributed by atoms with E-state index in [1.165, 1.54) is 0 Å². The Kier molecular flexibility index (Phi) is 1.24. The molecule has 1 aliphatic heterocycles. The van der Waals surface area contributed by atoms with Crippen LogP contribution in [0.3, 0.4) is 0 Å². The molecule has 0 saturated heterocycles. The Morgan fingerprint density at radius 2 is 2.50 bits per heavy atom. The Morgan fingerprint density at radius 3 is 2.88 bits per heavy atom. The molecule has 2 heteroatoms. The van der Waals surface area contributed by atoms with Gasteiger partial charge < -0.3 is 10.6 Å². The first-order valence-corrected chi connectivity index (χ1v) is 2.63. The van der Waals surface area contributed by atoms with Gasteiger partial charge in [0, 0.05) is 25.5 Å². The predicted molar refractivity (Wildman–Crippen MR) is 34.0 cm³/mol. The summed E-state index contributed by atoms with van der Waals surface area (Å²) in [4.78, 5) is 2.04. The molecule has 1 heterocycles. The lowest BCUT2D eigenvalue weighted by Crippen LogP contribution is -2.16. The van der Waals surface area contributed by atoms with Gasteiger partial charge in [-0.3, -0.25) is 0 Å². The third-order valence-corrected chi connectivity index (χ3v) is 1.07. The Morgan fingerprint density at radius 1 is 1.75 bits per heavy atom. The molecular weight excluding hydrogens is 100 g/mol. The predicted octanol–water partition coefficient (Wildman–Crippen LogP) is 0.288. The van der Waals surface area contributed by atoms with Gasteiger partial charge in [0.05, 0.1) is 0 Å². The molecule has 0 unspecified atom stereocenters. The molecule has 0 fully saturated rings. The molecule has 0 aliphatic carbocycles. The number of hydrogen-bond donors (Lipinski definition) is 1. The molecule has 8 heavy (non-hydrogen) atoms. The van der Waals surface area contributed by atoms with E-state index in [1.807, 2.05) is 30.3 Å². The fourth-order valence-corrected chi connectivity index (χ4v) is 0.705. The van der Waals surface area contributed by atoms with E-state index in [1.54, 1.807) is 0 Å². The zero-order valence-corrected chi connectivity index (χ0v) is 4.96. The maximum absolute atomic E-state index is 5.46. The number of rotatable bonds is 0. The van der Waals surface area contributed by atoms with Crippen LogP contribution in [0.15, 0.2) is 24.0 Å². The summed E-state index contributed by atoms with van der Waals surface area (Å²) in [6.45, 7) is 0.973. The van der Waals surface area contributed by atoms with E-state index in [9.17, 15) is 0 Å². The third-order valence-electron chi connectivity index (χ3n) is 1.07. The highest BCUT2D eigenvalue weighted by Gasteiger charge is 1.93. The lowest BCUT2D eigenvalue weighted by atomic mass is 10.3. The summed E-state index contributed by atoms with van der Waals surface area (Å²) in [7, 11) is 2.00. The third kappa shape index (κ3) is 1.03. The van der Waals surface area contributed by atoms with Gasteiger partial charge in [0.1, 0.15) is 0 Å². The largest absolute Gasteiger partial charge is 0.398 e. The Hall–Kier alpha value is -0.920. The molecule has 0 aromatic carbocycles. The topological polar surface area (TPSA) is 29.3 Å². The SMILES string of the molecule is CN1C=C(N)C=CC1. The van der Waals surface area contributed by atoms with Crippen molar-refractivity contribution in [1.82, 2.24) is 4.90 Å². The van der Waals surface area contributed by atoms with Crippen LogP contribution in [0, 0.1) is 0 Å². The van der Waals surface area contributed by atoms with E-state index < -0.39 is 0 Å². The van der Waals surface area contributed by atoms with Gasteiger partial charge in [-0.15, -0.1) is 0 Å². The van der Waals surface area contributed by atoms with Crippen molar-refractivity contribution in [3.63, 3.8) is 0 Å². The first kappa shape index (κ1) is 5.22. The number of nitrogens with zero attached hydrogens (tertiary/aromatic N) is 1. The average molecular weight is 110 g/mol. The van der Waals surface area contributed by atoms with E-state index in [0.29, 0.717) is 0 Å². The second kappa shape index (κ2) is 1.90. The van der Waals surface area contributed by atoms with Crippen LogP contribution < -0.4 is 5.73 Å². The minimum absolute atomic E-state index is 0.832. The van der Waals surface area contributed by atoms with Crippen molar-refractivity contribution in [1.29, 1.82) is 0 Å². The van der Waals surface area contributed by atoms with E-state index in [2.05, 4.69) is 0 Å². The lowest BCUT2D eigenvalue weighted by Gasteiger charge is -2.14. The lowest BCUT2D eigenvalue weighted by molar-refractivity contribution is 0.499. The van der Waals surface area contributed by atoms with Gasteiger partial charge in [-0.05, 0) is 6.08 Å². The average Bonchev–Trinajstić information content (AvgIpc) is 1.64. The number of allylic oxidation sites excluding steroid dienone is 1. The molecule has 2 N–H and O–H groups in total. The second-order valence-electron chi connectivity index (χ2n) is 1.97. The zero-order valence-electron chi connectivity index (χ0n) is 4.96. The first-order valence-electron chi connectivity index (χ1n) is 2.63. The van der Waals surface area contributed by atoms with Crippen LogP contribution in [0.4, 0.5) is 0 Å². The maximum Gasteiger partial charge on any atom is 0.0473 e. The summed E-state index contributed by atoms with van der Waals surface area (Å²) in [5.74, 6) is 0. The molecule has 0 aromatic heterocycles. The molecule has 1 aliphatic rings. The van der Waals surface area contributed by atoms with Crippen LogP contribution in [-0.4, -0.2) is 18.5 Å². The molecule has 0 radical (unpaired) electrons. The van der Waals surface area contributed by atoms with Crippen molar-refractivity contribution in [3.05, 3.63) is 24.0 Å². The molecule has 0 saturated carbocycles. The Bertz CT molecular complexity index is 135. The van der Waals surface area contributed by atoms with Crippen LogP contribution in [0.5, 0.6) is 0 Å². The van der Waals surface area contributed by atoms with E-state index in [0.717, 1.165) is 12.2 Å². The van der Waals surface area contributed by atoms with Gasteiger partial charge in [-0.2, -0.15) is 0 Å². The summed E-state index contributed by atoms with van der Waals surface area (Å²) in [6.07, 6.45) is 5.87. The molecule has 0 bridgehead atoms. The summed E-state index contributed by atoms with van der Waals surface area (Å²) < 4.78 is 0. The quantitative estimate of drug-likeness (QED) is 0.485. The minimum atomic E-state index is 0.832. The minimum Gasteiger partial charge on any atom is -0.398 e. The molecule has 0 spiro atoms. The maximum atomic E-state index is 5.46. The molecule has 0 amide bonds. The standard InChI is InChI=1S/C6H10N2/c1-8-4-2-3-6(7)5-8/h2-3,5H,4,7H2,1H3. The molecule has 0 aromatic rings. The second-order valence-corrected chi connectivity index (χ2v) is 1.97. The van der Waals surface area contributed by atoms with Crippen molar-refractivity contribution < 1.29 is 0 Å². The molecule has 2 nitrogen and oxygen atoms in total. The monoisotopic (exact) mass is 110 g/mol. The molecule has 44 valence electrons. The van der Waals surface area contributed by atoms with Gasteiger partial charge in [0.15, 0.2) is 0 Å². The normalized spacial score (nSPS) is 18.6. The fourth-order valence-electron chi connectivity index (χ4n) is 0.705. The number of likely N-dealkylation sites (N-methyl/N-ethyl adjacent to an activating group) is 1. The zero-order chi connectivity index (χ0) is 5.98. The van der Waals surface area contributed by atoms with E-state index >= 15 is 0 Å². The van der Waals surface area contributed by atoms with Crippen molar-refractivity contribution in [2.24, 2.45) is 5.73 Å². The van der Waals surface area contributed by atoms with E-state index in [4.69, 9.17) is 5.73 Å². The van der Waals surface area contributed by atoms with Crippen LogP contribution in [0.25, 0.3) is 0 Å². The summed E-state index contributed by atoms with van der Waals surface area (Å²) in [6, 6.07) is 0. The van der Waals surface area contributed by atoms with Crippen molar-refractivity contribution in [2.75, 3.05) is 13.6 Å². The van der Waals surface area contributed by atoms with Crippen molar-refractivity contribution in [2.45, 2.75) is 0 Å². The highest BCUT2D eigenvalue weighted by molar-refractivity contribution is 5.18. The fraction of sp³-hybridized carbons (Fsp3) is 0.333. The van der Waals surface area contributed by atoms with Crippen LogP contribution in [-0.2, 0) is 0 Å². The van der Waals surface area contributed by atoms with Crippen molar-refractivity contribution in [3.8, 4) is 0 Å².